The Morgan fingerprint density at radius 3 is 2.56 bits per heavy atom. The summed E-state index contributed by atoms with van der Waals surface area (Å²) in [6.45, 7) is 5.72. The van der Waals surface area contributed by atoms with Gasteiger partial charge in [0, 0.05) is 12.2 Å². The zero-order valence-electron chi connectivity index (χ0n) is 15.7. The molecular weight excluding hydrogens is 391 g/mol. The highest BCUT2D eigenvalue weighted by molar-refractivity contribution is 6.42. The molecular formula is C19H26Cl2N2O4. The van der Waals surface area contributed by atoms with Gasteiger partial charge in [-0.25, -0.2) is 0 Å². The number of hydrogen-bond donors (Lipinski definition) is 3. The summed E-state index contributed by atoms with van der Waals surface area (Å²) in [6, 6.07) is 4.27. The highest BCUT2D eigenvalue weighted by Gasteiger charge is 2.38. The minimum atomic E-state index is -0.833. The van der Waals surface area contributed by atoms with Crippen LogP contribution in [0.3, 0.4) is 0 Å². The molecule has 27 heavy (non-hydrogen) atoms. The van der Waals surface area contributed by atoms with E-state index in [1.54, 1.807) is 18.2 Å². The first-order valence-electron chi connectivity index (χ1n) is 8.90. The molecule has 1 fully saturated rings. The lowest BCUT2D eigenvalue weighted by molar-refractivity contribution is -0.133. The van der Waals surface area contributed by atoms with Crippen molar-refractivity contribution in [3.05, 3.63) is 28.2 Å². The van der Waals surface area contributed by atoms with Crippen LogP contribution in [0.1, 0.15) is 33.6 Å². The molecule has 150 valence electrons. The van der Waals surface area contributed by atoms with Gasteiger partial charge in [0.15, 0.2) is 0 Å². The van der Waals surface area contributed by atoms with E-state index in [0.717, 1.165) is 0 Å². The van der Waals surface area contributed by atoms with Crippen molar-refractivity contribution in [3.63, 3.8) is 0 Å². The molecule has 6 nitrogen and oxygen atoms in total. The van der Waals surface area contributed by atoms with Crippen LogP contribution in [0.4, 0.5) is 5.69 Å². The van der Waals surface area contributed by atoms with E-state index in [1.807, 2.05) is 20.8 Å². The van der Waals surface area contributed by atoms with E-state index in [-0.39, 0.29) is 24.3 Å². The van der Waals surface area contributed by atoms with Crippen LogP contribution in [0.2, 0.25) is 10.0 Å². The monoisotopic (exact) mass is 416 g/mol. The number of hydrogen-bond acceptors (Lipinski definition) is 4. The van der Waals surface area contributed by atoms with Gasteiger partial charge in [0.05, 0.1) is 28.8 Å². The third-order valence-corrected chi connectivity index (χ3v) is 5.55. The average molecular weight is 417 g/mol. The lowest BCUT2D eigenvalue weighted by atomic mass is 9.85. The van der Waals surface area contributed by atoms with E-state index >= 15 is 0 Å². The number of carbonyl (C=O) groups is 2. The maximum Gasteiger partial charge on any atom is 0.239 e. The number of nitrogens with one attached hydrogen (secondary N) is 1. The van der Waals surface area contributed by atoms with Gasteiger partial charge in [-0.15, -0.1) is 0 Å². The molecule has 0 bridgehead atoms. The maximum absolute atomic E-state index is 12.7. The van der Waals surface area contributed by atoms with Gasteiger partial charge in [0.25, 0.3) is 0 Å². The molecule has 3 atom stereocenters. The lowest BCUT2D eigenvalue weighted by Crippen LogP contribution is -2.46. The molecule has 0 saturated carbocycles. The molecule has 1 aromatic carbocycles. The van der Waals surface area contributed by atoms with Crippen LogP contribution in [-0.2, 0) is 9.59 Å². The van der Waals surface area contributed by atoms with Gasteiger partial charge < -0.3 is 20.4 Å². The predicted molar refractivity (Wildman–Crippen MR) is 106 cm³/mol. The standard InChI is InChI=1S/C19H26Cl2N2O4/c1-19(2,3)16(25)8-11(10-24)22-17(26)13-6-7-23(18(13)27)12-4-5-14(20)15(21)9-12/h4-5,9,11,13,16,24-25H,6-8,10H2,1-3H3,(H,22,26). The Kier molecular flexibility index (Phi) is 7.14. The number of halogens is 2. The number of aliphatic hydroxyl groups excluding tert-OH is 2. The zero-order valence-corrected chi connectivity index (χ0v) is 17.2. The average Bonchev–Trinajstić information content (AvgIpc) is 2.97. The summed E-state index contributed by atoms with van der Waals surface area (Å²) in [6.07, 6.45) is -0.115. The summed E-state index contributed by atoms with van der Waals surface area (Å²) in [7, 11) is 0. The minimum absolute atomic E-state index is 0.211. The quantitative estimate of drug-likeness (QED) is 0.621. The van der Waals surface area contributed by atoms with Crippen molar-refractivity contribution >= 4 is 40.7 Å². The smallest absolute Gasteiger partial charge is 0.239 e. The lowest BCUT2D eigenvalue weighted by Gasteiger charge is -2.29. The Morgan fingerprint density at radius 1 is 1.33 bits per heavy atom. The van der Waals surface area contributed by atoms with Gasteiger partial charge in [-0.1, -0.05) is 44.0 Å². The molecule has 1 heterocycles. The fourth-order valence-corrected chi connectivity index (χ4v) is 3.23. The summed E-state index contributed by atoms with van der Waals surface area (Å²) in [5.41, 5.74) is 0.220. The van der Waals surface area contributed by atoms with Crippen LogP contribution in [0.5, 0.6) is 0 Å². The Morgan fingerprint density at radius 2 is 2.00 bits per heavy atom. The van der Waals surface area contributed by atoms with Gasteiger partial charge in [-0.3, -0.25) is 9.59 Å². The van der Waals surface area contributed by atoms with Gasteiger partial charge in [0.1, 0.15) is 5.92 Å². The van der Waals surface area contributed by atoms with Gasteiger partial charge in [-0.05, 0) is 36.5 Å². The fraction of sp³-hybridized carbons (Fsp3) is 0.579. The largest absolute Gasteiger partial charge is 0.394 e. The second kappa shape index (κ2) is 8.78. The van der Waals surface area contributed by atoms with Crippen LogP contribution >= 0.6 is 23.2 Å². The van der Waals surface area contributed by atoms with Crippen molar-refractivity contribution in [2.24, 2.45) is 11.3 Å². The molecule has 0 spiro atoms. The SMILES string of the molecule is CC(C)(C)C(O)CC(CO)NC(=O)C1CCN(c2ccc(Cl)c(Cl)c2)C1=O. The summed E-state index contributed by atoms with van der Waals surface area (Å²) < 4.78 is 0. The number of anilines is 1. The molecule has 3 unspecified atom stereocenters. The van der Waals surface area contributed by atoms with Gasteiger partial charge >= 0.3 is 0 Å². The van der Waals surface area contributed by atoms with Crippen LogP contribution < -0.4 is 10.2 Å². The van der Waals surface area contributed by atoms with E-state index in [2.05, 4.69) is 5.32 Å². The second-order valence-corrected chi connectivity index (χ2v) is 8.75. The van der Waals surface area contributed by atoms with Gasteiger partial charge in [0.2, 0.25) is 11.8 Å². The Hall–Kier alpha value is -1.34. The van der Waals surface area contributed by atoms with Crippen molar-refractivity contribution in [1.82, 2.24) is 5.32 Å². The van der Waals surface area contributed by atoms with E-state index in [9.17, 15) is 19.8 Å². The maximum atomic E-state index is 12.7. The molecule has 1 aromatic rings. The van der Waals surface area contributed by atoms with Crippen molar-refractivity contribution in [2.75, 3.05) is 18.1 Å². The van der Waals surface area contributed by atoms with E-state index < -0.39 is 24.0 Å². The summed E-state index contributed by atoms with van der Waals surface area (Å²) >= 11 is 11.9. The first kappa shape index (κ1) is 22.0. The molecule has 2 amide bonds. The third-order valence-electron chi connectivity index (χ3n) is 4.81. The van der Waals surface area contributed by atoms with Crippen LogP contribution in [0.15, 0.2) is 18.2 Å². The number of carbonyl (C=O) groups excluding carboxylic acids is 2. The number of rotatable bonds is 6. The number of benzene rings is 1. The van der Waals surface area contributed by atoms with Crippen molar-refractivity contribution < 1.29 is 19.8 Å². The molecule has 0 radical (unpaired) electrons. The highest BCUT2D eigenvalue weighted by atomic mass is 35.5. The second-order valence-electron chi connectivity index (χ2n) is 7.94. The topological polar surface area (TPSA) is 89.9 Å². The summed E-state index contributed by atoms with van der Waals surface area (Å²) in [5, 5.41) is 23.2. The summed E-state index contributed by atoms with van der Waals surface area (Å²) in [4.78, 5) is 26.7. The van der Waals surface area contributed by atoms with Crippen molar-refractivity contribution in [3.8, 4) is 0 Å². The van der Waals surface area contributed by atoms with Crippen molar-refractivity contribution in [1.29, 1.82) is 0 Å². The normalized spacial score (nSPS) is 19.9. The Labute approximate surface area is 169 Å². The number of aliphatic hydroxyl groups is 2. The molecule has 0 aromatic heterocycles. The number of amides is 2. The fourth-order valence-electron chi connectivity index (χ4n) is 2.94. The zero-order chi connectivity index (χ0) is 20.4. The molecule has 3 N–H and O–H groups in total. The molecule has 2 rings (SSSR count). The molecule has 1 aliphatic rings. The first-order chi connectivity index (χ1) is 12.5. The van der Waals surface area contributed by atoms with Crippen LogP contribution in [0.25, 0.3) is 0 Å². The molecule has 1 aliphatic heterocycles. The number of nitrogens with zero attached hydrogens (tertiary/aromatic N) is 1. The van der Waals surface area contributed by atoms with Crippen molar-refractivity contribution in [2.45, 2.75) is 45.8 Å². The molecule has 1 saturated heterocycles. The highest BCUT2D eigenvalue weighted by Crippen LogP contribution is 2.31. The first-order valence-corrected chi connectivity index (χ1v) is 9.66. The minimum Gasteiger partial charge on any atom is -0.394 e. The summed E-state index contributed by atoms with van der Waals surface area (Å²) in [5.74, 6) is -1.60. The Balaban J connectivity index is 2.02. The van der Waals surface area contributed by atoms with E-state index in [0.29, 0.717) is 28.7 Å². The third kappa shape index (κ3) is 5.35. The van der Waals surface area contributed by atoms with Crippen LogP contribution in [0, 0.1) is 11.3 Å². The molecule has 8 heteroatoms. The Bertz CT molecular complexity index is 705. The molecule has 0 aliphatic carbocycles. The van der Waals surface area contributed by atoms with Crippen LogP contribution in [-0.4, -0.2) is 47.3 Å². The predicted octanol–water partition coefficient (Wildman–Crippen LogP) is 2.62. The van der Waals surface area contributed by atoms with E-state index in [1.165, 1.54) is 4.90 Å². The van der Waals surface area contributed by atoms with E-state index in [4.69, 9.17) is 23.2 Å². The van der Waals surface area contributed by atoms with Gasteiger partial charge in [-0.2, -0.15) is 0 Å².